The number of aryl methyl sites for hydroxylation is 2. The number of aliphatic imine (C=N–C) groups is 1. The van der Waals surface area contributed by atoms with Crippen molar-refractivity contribution in [2.24, 2.45) is 4.99 Å². The zero-order chi connectivity index (χ0) is 22.6. The highest BCUT2D eigenvalue weighted by atomic mass is 127. The van der Waals surface area contributed by atoms with Crippen molar-refractivity contribution in [2.45, 2.75) is 59.7 Å². The number of carbonyl (C=O) groups is 1. The van der Waals surface area contributed by atoms with Crippen LogP contribution in [0.1, 0.15) is 44.6 Å². The van der Waals surface area contributed by atoms with E-state index in [1.54, 1.807) is 4.90 Å². The first kappa shape index (κ1) is 25.9. The van der Waals surface area contributed by atoms with Crippen molar-refractivity contribution in [1.29, 1.82) is 0 Å². The first-order chi connectivity index (χ1) is 14.6. The molecular weight excluding hydrogens is 521 g/mol. The molecule has 0 aromatic carbocycles. The third-order valence-corrected chi connectivity index (χ3v) is 4.67. The Morgan fingerprint density at radius 1 is 1.28 bits per heavy atom. The van der Waals surface area contributed by atoms with Crippen LogP contribution in [0.5, 0.6) is 0 Å². The maximum Gasteiger partial charge on any atom is 0.410 e. The highest BCUT2D eigenvalue weighted by Crippen LogP contribution is 2.15. The van der Waals surface area contributed by atoms with Gasteiger partial charge in [-0.3, -0.25) is 0 Å². The average molecular weight is 555 g/mol. The Bertz CT molecular complexity index is 929. The molecule has 0 spiro atoms. The van der Waals surface area contributed by atoms with E-state index in [0.29, 0.717) is 19.6 Å². The Kier molecular flexibility index (Phi) is 8.88. The predicted molar refractivity (Wildman–Crippen MR) is 136 cm³/mol. The van der Waals surface area contributed by atoms with Gasteiger partial charge in [-0.05, 0) is 59.2 Å². The van der Waals surface area contributed by atoms with Gasteiger partial charge in [0, 0.05) is 31.5 Å². The molecule has 1 aliphatic heterocycles. The lowest BCUT2D eigenvalue weighted by Crippen LogP contribution is -2.63. The summed E-state index contributed by atoms with van der Waals surface area (Å²) in [5.41, 5.74) is 2.54. The first-order valence-corrected chi connectivity index (χ1v) is 10.7. The van der Waals surface area contributed by atoms with Crippen LogP contribution in [0.4, 0.5) is 4.79 Å². The van der Waals surface area contributed by atoms with Crippen LogP contribution in [0.25, 0.3) is 5.82 Å². The highest BCUT2D eigenvalue weighted by Gasteiger charge is 2.34. The number of likely N-dealkylation sites (tertiary alicyclic amines) is 1. The minimum atomic E-state index is -0.482. The fraction of sp³-hybridized carbons (Fsp3) is 0.545. The van der Waals surface area contributed by atoms with Gasteiger partial charge in [0.2, 0.25) is 0 Å². The largest absolute Gasteiger partial charge is 0.444 e. The van der Waals surface area contributed by atoms with E-state index in [1.165, 1.54) is 0 Å². The minimum absolute atomic E-state index is 0. The number of carbonyl (C=O) groups excluding carboxylic acids is 1. The molecule has 176 valence electrons. The third kappa shape index (κ3) is 7.07. The number of hydrogen-bond acceptors (Lipinski definition) is 5. The van der Waals surface area contributed by atoms with E-state index >= 15 is 0 Å². The van der Waals surface area contributed by atoms with E-state index < -0.39 is 5.60 Å². The van der Waals surface area contributed by atoms with Crippen molar-refractivity contribution in [2.75, 3.05) is 19.6 Å². The smallest absolute Gasteiger partial charge is 0.410 e. The molecule has 3 rings (SSSR count). The van der Waals surface area contributed by atoms with Crippen LogP contribution in [0.15, 0.2) is 29.4 Å². The van der Waals surface area contributed by atoms with E-state index in [4.69, 9.17) is 4.74 Å². The monoisotopic (exact) mass is 555 g/mol. The second-order valence-electron chi connectivity index (χ2n) is 8.79. The summed E-state index contributed by atoms with van der Waals surface area (Å²) in [6.07, 6.45) is 1.55. The number of rotatable bonds is 5. The lowest BCUT2D eigenvalue weighted by Gasteiger charge is -2.40. The molecule has 2 N–H and O–H groups in total. The van der Waals surface area contributed by atoms with Crippen LogP contribution < -0.4 is 10.6 Å². The summed E-state index contributed by atoms with van der Waals surface area (Å²) in [4.78, 5) is 22.9. The van der Waals surface area contributed by atoms with Crippen LogP contribution in [-0.2, 0) is 11.3 Å². The Morgan fingerprint density at radius 2 is 2.00 bits per heavy atom. The summed E-state index contributed by atoms with van der Waals surface area (Å²) in [7, 11) is 0. The minimum Gasteiger partial charge on any atom is -0.444 e. The normalized spacial score (nSPS) is 14.4. The van der Waals surface area contributed by atoms with Gasteiger partial charge in [0.1, 0.15) is 5.60 Å². The summed E-state index contributed by atoms with van der Waals surface area (Å²) >= 11 is 0. The molecular formula is C22H34IN7O2. The fourth-order valence-corrected chi connectivity index (χ4v) is 3.23. The number of ether oxygens (including phenoxy) is 1. The topological polar surface area (TPSA) is 96.7 Å². The highest BCUT2D eigenvalue weighted by molar-refractivity contribution is 14.0. The number of nitrogens with one attached hydrogen (secondary N) is 2. The molecule has 32 heavy (non-hydrogen) atoms. The van der Waals surface area contributed by atoms with Crippen LogP contribution in [0.2, 0.25) is 0 Å². The zero-order valence-corrected chi connectivity index (χ0v) is 22.0. The number of aromatic nitrogens is 3. The van der Waals surface area contributed by atoms with Gasteiger partial charge in [-0.2, -0.15) is 5.10 Å². The predicted octanol–water partition coefficient (Wildman–Crippen LogP) is 3.18. The summed E-state index contributed by atoms with van der Waals surface area (Å²) in [6.45, 7) is 14.1. The van der Waals surface area contributed by atoms with Crippen LogP contribution in [0, 0.1) is 13.8 Å². The maximum atomic E-state index is 12.1. The average Bonchev–Trinajstić information content (AvgIpc) is 2.99. The van der Waals surface area contributed by atoms with Gasteiger partial charge >= 0.3 is 6.09 Å². The van der Waals surface area contributed by atoms with Crippen LogP contribution in [0.3, 0.4) is 0 Å². The molecule has 0 bridgehead atoms. The number of guanidine groups is 1. The van der Waals surface area contributed by atoms with E-state index in [9.17, 15) is 4.79 Å². The molecule has 1 saturated heterocycles. The molecule has 1 amide bonds. The molecule has 0 radical (unpaired) electrons. The Balaban J connectivity index is 0.00000363. The quantitative estimate of drug-likeness (QED) is 0.335. The summed E-state index contributed by atoms with van der Waals surface area (Å²) in [5, 5.41) is 11.1. The molecule has 0 unspecified atom stereocenters. The van der Waals surface area contributed by atoms with E-state index in [2.05, 4.69) is 25.7 Å². The molecule has 9 nitrogen and oxygen atoms in total. The van der Waals surface area contributed by atoms with Gasteiger partial charge in [-0.1, -0.05) is 6.07 Å². The van der Waals surface area contributed by atoms with Crippen LogP contribution in [-0.4, -0.2) is 63.0 Å². The molecule has 1 aliphatic rings. The van der Waals surface area contributed by atoms with Gasteiger partial charge in [0.15, 0.2) is 11.8 Å². The van der Waals surface area contributed by atoms with E-state index in [1.807, 2.05) is 70.6 Å². The zero-order valence-electron chi connectivity index (χ0n) is 19.7. The molecule has 0 aliphatic carbocycles. The SMILES string of the molecule is CCNC(=NCc1ccc(-n2nc(C)cc2C)nc1)NC1CN(C(=O)OC(C)(C)C)C1.I. The molecule has 2 aromatic heterocycles. The molecule has 1 fully saturated rings. The van der Waals surface area contributed by atoms with Crippen molar-refractivity contribution in [3.8, 4) is 5.82 Å². The van der Waals surface area contributed by atoms with Gasteiger partial charge < -0.3 is 20.3 Å². The van der Waals surface area contributed by atoms with E-state index in [-0.39, 0.29) is 36.1 Å². The molecule has 2 aromatic rings. The molecule has 3 heterocycles. The van der Waals surface area contributed by atoms with Crippen molar-refractivity contribution in [3.05, 3.63) is 41.3 Å². The summed E-state index contributed by atoms with van der Waals surface area (Å²) in [5.74, 6) is 1.51. The maximum absolute atomic E-state index is 12.1. The van der Waals surface area contributed by atoms with Gasteiger partial charge in [0.25, 0.3) is 0 Å². The standard InChI is InChI=1S/C22H33N7O2.HI/c1-7-23-20(26-18-13-28(14-18)21(30)31-22(4,5)6)25-12-17-8-9-19(24-11-17)29-16(3)10-15(2)27-29;/h8-11,18H,7,12-14H2,1-6H3,(H2,23,25,26);1H. The lowest BCUT2D eigenvalue weighted by atomic mass is 10.1. The van der Waals surface area contributed by atoms with Crippen molar-refractivity contribution >= 4 is 36.0 Å². The fourth-order valence-electron chi connectivity index (χ4n) is 3.23. The lowest BCUT2D eigenvalue weighted by molar-refractivity contribution is 0.00700. The Morgan fingerprint density at radius 3 is 2.53 bits per heavy atom. The van der Waals surface area contributed by atoms with Gasteiger partial charge in [-0.15, -0.1) is 24.0 Å². The number of amides is 1. The number of pyridine rings is 1. The summed E-state index contributed by atoms with van der Waals surface area (Å²) in [6, 6.07) is 6.14. The van der Waals surface area contributed by atoms with E-state index in [0.717, 1.165) is 35.3 Å². The second-order valence-corrected chi connectivity index (χ2v) is 8.79. The summed E-state index contributed by atoms with van der Waals surface area (Å²) < 4.78 is 7.23. The number of halogens is 1. The Hall–Kier alpha value is -2.37. The van der Waals surface area contributed by atoms with Crippen molar-refractivity contribution in [3.63, 3.8) is 0 Å². The Labute approximate surface area is 207 Å². The molecule has 10 heteroatoms. The van der Waals surface area contributed by atoms with Crippen LogP contribution >= 0.6 is 24.0 Å². The first-order valence-electron chi connectivity index (χ1n) is 10.7. The van der Waals surface area contributed by atoms with Crippen molar-refractivity contribution in [1.82, 2.24) is 30.3 Å². The molecule has 0 saturated carbocycles. The second kappa shape index (κ2) is 11.0. The molecule has 0 atom stereocenters. The van der Waals surface area contributed by atoms with Gasteiger partial charge in [-0.25, -0.2) is 19.5 Å². The number of nitrogens with zero attached hydrogens (tertiary/aromatic N) is 5. The third-order valence-electron chi connectivity index (χ3n) is 4.67. The van der Waals surface area contributed by atoms with Gasteiger partial charge in [0.05, 0.1) is 18.3 Å². The van der Waals surface area contributed by atoms with Crippen molar-refractivity contribution < 1.29 is 9.53 Å². The number of hydrogen-bond donors (Lipinski definition) is 2.